The Labute approximate surface area is 228 Å². The van der Waals surface area contributed by atoms with E-state index in [9.17, 15) is 17.3 Å². The molecule has 0 spiro atoms. The summed E-state index contributed by atoms with van der Waals surface area (Å²) < 4.78 is 44.1. The second-order valence-corrected chi connectivity index (χ2v) is 13.5. The van der Waals surface area contributed by atoms with E-state index in [0.29, 0.717) is 23.7 Å². The van der Waals surface area contributed by atoms with Gasteiger partial charge in [0.15, 0.2) is 0 Å². The van der Waals surface area contributed by atoms with Gasteiger partial charge in [0, 0.05) is 30.2 Å². The monoisotopic (exact) mass is 550 g/mol. The molecule has 0 amide bonds. The minimum atomic E-state index is -6.00. The van der Waals surface area contributed by atoms with Crippen LogP contribution < -0.4 is 10.1 Å². The van der Waals surface area contributed by atoms with E-state index < -0.39 is 7.25 Å². The number of rotatable bonds is 8. The van der Waals surface area contributed by atoms with E-state index in [1.165, 1.54) is 45.4 Å². The zero-order valence-corrected chi connectivity index (χ0v) is 25.5. The molecule has 1 atom stereocenters. The first kappa shape index (κ1) is 32.1. The van der Waals surface area contributed by atoms with Gasteiger partial charge in [0.1, 0.15) is 23.8 Å². The summed E-state index contributed by atoms with van der Waals surface area (Å²) in [6, 6.07) is 13.8. The lowest BCUT2D eigenvalue weighted by Crippen LogP contribution is -2.48. The van der Waals surface area contributed by atoms with Gasteiger partial charge in [0.25, 0.3) is 5.57 Å². The van der Waals surface area contributed by atoms with Gasteiger partial charge in [-0.15, -0.1) is 0 Å². The van der Waals surface area contributed by atoms with Gasteiger partial charge in [-0.25, -0.2) is 0 Å². The SMILES string of the molecule is CCP(C)c1n(-c2c(C(C)C)cccc2C(C)C)cc[n+]1-c1c(C(C)C)cccc1C(C)C.F[B-](F)(F)F. The lowest BCUT2D eigenvalue weighted by atomic mass is 9.92. The number of nitrogens with zero attached hydrogens (tertiary/aromatic N) is 2. The van der Waals surface area contributed by atoms with E-state index in [0.717, 1.165) is 0 Å². The van der Waals surface area contributed by atoms with Crippen LogP contribution in [0.5, 0.6) is 0 Å². The minimum absolute atomic E-state index is 0.326. The molecule has 38 heavy (non-hydrogen) atoms. The summed E-state index contributed by atoms with van der Waals surface area (Å²) in [6.07, 6.45) is 5.83. The van der Waals surface area contributed by atoms with Crippen LogP contribution in [0, 0.1) is 0 Å². The predicted molar refractivity (Wildman–Crippen MR) is 157 cm³/mol. The molecule has 210 valence electrons. The normalized spacial score (nSPS) is 12.9. The summed E-state index contributed by atoms with van der Waals surface area (Å²) in [5.74, 6) is 1.89. The Kier molecular flexibility index (Phi) is 11.2. The summed E-state index contributed by atoms with van der Waals surface area (Å²) in [6.45, 7) is 23.3. The molecule has 1 unspecified atom stereocenters. The molecule has 0 N–H and O–H groups in total. The number of hydrogen-bond acceptors (Lipinski definition) is 0. The molecule has 3 rings (SSSR count). The van der Waals surface area contributed by atoms with Crippen molar-refractivity contribution >= 4 is 20.7 Å². The Morgan fingerprint density at radius 1 is 0.737 bits per heavy atom. The summed E-state index contributed by atoms with van der Waals surface area (Å²) in [7, 11) is -6.33. The lowest BCUT2D eigenvalue weighted by molar-refractivity contribution is -0.576. The van der Waals surface area contributed by atoms with Crippen molar-refractivity contribution < 1.29 is 21.8 Å². The van der Waals surface area contributed by atoms with Crippen LogP contribution >= 0.6 is 7.92 Å². The summed E-state index contributed by atoms with van der Waals surface area (Å²) in [4.78, 5) is 0. The number of para-hydroxylation sites is 2. The molecule has 1 heterocycles. The fourth-order valence-electron chi connectivity index (χ4n) is 4.82. The van der Waals surface area contributed by atoms with Crippen LogP contribution in [0.3, 0.4) is 0 Å². The molecule has 0 aliphatic heterocycles. The van der Waals surface area contributed by atoms with Crippen LogP contribution in [0.4, 0.5) is 17.3 Å². The second kappa shape index (κ2) is 13.3. The van der Waals surface area contributed by atoms with E-state index in [2.05, 4.69) is 127 Å². The number of imidazole rings is 1. The maximum absolute atomic E-state index is 9.75. The van der Waals surface area contributed by atoms with Gasteiger partial charge < -0.3 is 17.3 Å². The van der Waals surface area contributed by atoms with E-state index >= 15 is 0 Å². The van der Waals surface area contributed by atoms with Gasteiger partial charge in [0.2, 0.25) is 0 Å². The Balaban J connectivity index is 0.000000926. The molecule has 0 saturated heterocycles. The summed E-state index contributed by atoms with van der Waals surface area (Å²) in [5, 5.41) is 0. The van der Waals surface area contributed by atoms with Crippen molar-refractivity contribution in [1.29, 1.82) is 0 Å². The molecule has 0 radical (unpaired) electrons. The first-order valence-electron chi connectivity index (χ1n) is 13.6. The molecule has 0 saturated carbocycles. The van der Waals surface area contributed by atoms with Crippen LogP contribution in [0.25, 0.3) is 11.4 Å². The van der Waals surface area contributed by atoms with E-state index in [1.54, 1.807) is 0 Å². The van der Waals surface area contributed by atoms with Crippen molar-refractivity contribution in [2.75, 3.05) is 12.8 Å². The fourth-order valence-corrected chi connectivity index (χ4v) is 6.17. The molecule has 0 aliphatic rings. The van der Waals surface area contributed by atoms with Crippen molar-refractivity contribution in [3.63, 3.8) is 0 Å². The fraction of sp³-hybridized carbons (Fsp3) is 0.500. The molecule has 0 bridgehead atoms. The third kappa shape index (κ3) is 7.71. The van der Waals surface area contributed by atoms with Crippen LogP contribution in [0.15, 0.2) is 48.8 Å². The summed E-state index contributed by atoms with van der Waals surface area (Å²) >= 11 is 0. The Morgan fingerprint density at radius 3 is 1.45 bits per heavy atom. The quantitative estimate of drug-likeness (QED) is 0.114. The number of benzene rings is 2. The zero-order valence-electron chi connectivity index (χ0n) is 24.6. The highest BCUT2D eigenvalue weighted by Crippen LogP contribution is 2.36. The topological polar surface area (TPSA) is 8.81 Å². The van der Waals surface area contributed by atoms with Gasteiger partial charge >= 0.3 is 7.25 Å². The first-order valence-corrected chi connectivity index (χ1v) is 15.5. The Hall–Kier alpha value is -2.14. The van der Waals surface area contributed by atoms with Crippen molar-refractivity contribution in [2.45, 2.75) is 86.0 Å². The van der Waals surface area contributed by atoms with Crippen molar-refractivity contribution in [2.24, 2.45) is 0 Å². The van der Waals surface area contributed by atoms with Gasteiger partial charge in [0.05, 0.1) is 0 Å². The Bertz CT molecular complexity index is 1060. The van der Waals surface area contributed by atoms with Crippen LogP contribution in [0.2, 0.25) is 0 Å². The molecule has 0 aliphatic carbocycles. The largest absolute Gasteiger partial charge is 0.673 e. The van der Waals surface area contributed by atoms with E-state index in [4.69, 9.17) is 0 Å². The smallest absolute Gasteiger partial charge is 0.418 e. The maximum Gasteiger partial charge on any atom is 0.673 e. The molecule has 1 aromatic heterocycles. The van der Waals surface area contributed by atoms with E-state index in [-0.39, 0.29) is 7.92 Å². The lowest BCUT2D eigenvalue weighted by Gasteiger charge is -2.21. The van der Waals surface area contributed by atoms with Gasteiger partial charge in [-0.3, -0.25) is 0 Å². The number of halogens is 4. The van der Waals surface area contributed by atoms with Crippen LogP contribution in [0.1, 0.15) is 108 Å². The highest BCUT2D eigenvalue weighted by molar-refractivity contribution is 7.64. The maximum atomic E-state index is 9.75. The zero-order chi connectivity index (χ0) is 28.9. The second-order valence-electron chi connectivity index (χ2n) is 11.0. The first-order chi connectivity index (χ1) is 17.6. The Morgan fingerprint density at radius 2 is 1.11 bits per heavy atom. The molecular formula is C30H44BF4N2P. The minimum Gasteiger partial charge on any atom is -0.418 e. The molecule has 0 fully saturated rings. The van der Waals surface area contributed by atoms with Crippen molar-refractivity contribution in [3.8, 4) is 11.4 Å². The summed E-state index contributed by atoms with van der Waals surface area (Å²) in [5.41, 5.74) is 9.98. The molecule has 8 heteroatoms. The molecule has 2 aromatic carbocycles. The highest BCUT2D eigenvalue weighted by atomic mass is 31.1. The van der Waals surface area contributed by atoms with Gasteiger partial charge in [-0.1, -0.05) is 98.7 Å². The average Bonchev–Trinajstić information content (AvgIpc) is 3.25. The number of aromatic nitrogens is 2. The van der Waals surface area contributed by atoms with Crippen LogP contribution in [-0.2, 0) is 0 Å². The van der Waals surface area contributed by atoms with Crippen LogP contribution in [-0.4, -0.2) is 24.6 Å². The molecule has 2 nitrogen and oxygen atoms in total. The third-order valence-corrected chi connectivity index (χ3v) is 8.84. The van der Waals surface area contributed by atoms with Crippen molar-refractivity contribution in [1.82, 2.24) is 4.57 Å². The van der Waals surface area contributed by atoms with Crippen molar-refractivity contribution in [3.05, 3.63) is 71.0 Å². The predicted octanol–water partition coefficient (Wildman–Crippen LogP) is 9.30. The molecule has 3 aromatic rings. The number of hydrogen-bond donors (Lipinski definition) is 0. The highest BCUT2D eigenvalue weighted by Gasteiger charge is 2.32. The van der Waals surface area contributed by atoms with Gasteiger partial charge in [-0.05, 0) is 36.5 Å². The van der Waals surface area contributed by atoms with E-state index in [1.807, 2.05) is 0 Å². The molecular weight excluding hydrogens is 506 g/mol. The standard InChI is InChI=1S/C30H44N2P.BF4/c1-11-33(10)30-31(28-24(20(2)3)14-12-15-25(28)21(4)5)18-19-32(30)29-26(22(6)7)16-13-17-27(29)23(8)9;2-1(3,4)5/h12-23H,11H2,1-10H3;/q+1;-1. The third-order valence-electron chi connectivity index (χ3n) is 6.78. The average molecular weight is 550 g/mol. The van der Waals surface area contributed by atoms with Gasteiger partial charge in [-0.2, -0.15) is 9.13 Å².